The monoisotopic (exact) mass is 291 g/mol. The van der Waals surface area contributed by atoms with Crippen molar-refractivity contribution in [2.24, 2.45) is 5.73 Å². The van der Waals surface area contributed by atoms with Gasteiger partial charge in [0.1, 0.15) is 0 Å². The van der Waals surface area contributed by atoms with Crippen LogP contribution in [0.5, 0.6) is 0 Å². The fraction of sp³-hybridized carbons (Fsp3) is 0.0667. The van der Waals surface area contributed by atoms with E-state index in [0.29, 0.717) is 0 Å². The number of nitrogens with zero attached hydrogens (tertiary/aromatic N) is 5. The summed E-state index contributed by atoms with van der Waals surface area (Å²) in [6, 6.07) is 5.36. The molecule has 3 N–H and O–H groups in total. The fourth-order valence-corrected chi connectivity index (χ4v) is 2.40. The van der Waals surface area contributed by atoms with Crippen LogP contribution in [0.2, 0.25) is 0 Å². The molecule has 4 heterocycles. The van der Waals surface area contributed by atoms with Crippen LogP contribution in [0.4, 0.5) is 0 Å². The van der Waals surface area contributed by atoms with Gasteiger partial charge in [0.15, 0.2) is 5.65 Å². The van der Waals surface area contributed by atoms with E-state index in [1.54, 1.807) is 29.3 Å². The highest BCUT2D eigenvalue weighted by molar-refractivity contribution is 5.76. The second-order valence-electron chi connectivity index (χ2n) is 4.92. The van der Waals surface area contributed by atoms with E-state index in [9.17, 15) is 0 Å². The number of nitrogens with two attached hydrogens (primary N) is 1. The van der Waals surface area contributed by atoms with E-state index in [4.69, 9.17) is 5.73 Å². The largest absolute Gasteiger partial charge is 0.319 e. The standard InChI is InChI=1S/C15H13N7/c16-14(10-1-4-17-5-2-10)13-3-6-22-15(21-13)12(9-20-22)11-7-18-19-8-11/h1-9,14H,16H2,(H,18,19). The van der Waals surface area contributed by atoms with Crippen molar-refractivity contribution in [1.29, 1.82) is 0 Å². The van der Waals surface area contributed by atoms with Crippen molar-refractivity contribution in [3.8, 4) is 11.1 Å². The first-order valence-electron chi connectivity index (χ1n) is 6.82. The van der Waals surface area contributed by atoms with E-state index >= 15 is 0 Å². The number of aromatic amines is 1. The van der Waals surface area contributed by atoms with Crippen molar-refractivity contribution in [2.75, 3.05) is 0 Å². The van der Waals surface area contributed by atoms with Crippen LogP contribution in [-0.4, -0.2) is 29.8 Å². The van der Waals surface area contributed by atoms with Crippen molar-refractivity contribution in [3.05, 3.63) is 66.6 Å². The highest BCUT2D eigenvalue weighted by Gasteiger charge is 2.14. The molecule has 0 saturated heterocycles. The third kappa shape index (κ3) is 2.04. The topological polar surface area (TPSA) is 97.8 Å². The number of rotatable bonds is 3. The molecule has 0 amide bonds. The molecule has 0 aromatic carbocycles. The summed E-state index contributed by atoms with van der Waals surface area (Å²) in [5, 5.41) is 11.1. The van der Waals surface area contributed by atoms with Gasteiger partial charge in [0.05, 0.1) is 24.1 Å². The SMILES string of the molecule is NC(c1ccncc1)c1ccn2ncc(-c3cn[nH]c3)c2n1. The average Bonchev–Trinajstić information content (AvgIpc) is 3.23. The Labute approximate surface area is 125 Å². The van der Waals surface area contributed by atoms with Crippen molar-refractivity contribution >= 4 is 5.65 Å². The van der Waals surface area contributed by atoms with Crippen molar-refractivity contribution in [3.63, 3.8) is 0 Å². The van der Waals surface area contributed by atoms with Gasteiger partial charge in [0.2, 0.25) is 0 Å². The van der Waals surface area contributed by atoms with Gasteiger partial charge in [0, 0.05) is 35.9 Å². The van der Waals surface area contributed by atoms with Crippen molar-refractivity contribution in [1.82, 2.24) is 29.8 Å². The van der Waals surface area contributed by atoms with E-state index < -0.39 is 0 Å². The molecule has 1 atom stereocenters. The Kier molecular flexibility index (Phi) is 2.90. The van der Waals surface area contributed by atoms with Crippen LogP contribution in [0.1, 0.15) is 17.3 Å². The predicted molar refractivity (Wildman–Crippen MR) is 80.8 cm³/mol. The molecular weight excluding hydrogens is 278 g/mol. The lowest BCUT2D eigenvalue weighted by atomic mass is 10.1. The summed E-state index contributed by atoms with van der Waals surface area (Å²) in [7, 11) is 0. The molecule has 4 aromatic rings. The quantitative estimate of drug-likeness (QED) is 0.597. The third-order valence-corrected chi connectivity index (χ3v) is 3.58. The van der Waals surface area contributed by atoms with Gasteiger partial charge in [-0.25, -0.2) is 9.50 Å². The number of pyridine rings is 1. The Morgan fingerprint density at radius 2 is 2.00 bits per heavy atom. The zero-order valence-electron chi connectivity index (χ0n) is 11.6. The maximum atomic E-state index is 6.31. The normalized spacial score (nSPS) is 12.6. The molecule has 22 heavy (non-hydrogen) atoms. The van der Waals surface area contributed by atoms with Crippen molar-refractivity contribution < 1.29 is 0 Å². The Morgan fingerprint density at radius 3 is 2.77 bits per heavy atom. The first-order valence-corrected chi connectivity index (χ1v) is 6.82. The smallest absolute Gasteiger partial charge is 0.163 e. The zero-order chi connectivity index (χ0) is 14.9. The third-order valence-electron chi connectivity index (χ3n) is 3.58. The van der Waals surface area contributed by atoms with Crippen LogP contribution >= 0.6 is 0 Å². The van der Waals surface area contributed by atoms with E-state index in [1.165, 1.54) is 0 Å². The lowest BCUT2D eigenvalue weighted by molar-refractivity contribution is 0.812. The Morgan fingerprint density at radius 1 is 1.14 bits per heavy atom. The number of H-pyrrole nitrogens is 1. The van der Waals surface area contributed by atoms with Crippen LogP contribution in [0.15, 0.2) is 55.4 Å². The number of fused-ring (bicyclic) bond motifs is 1. The second-order valence-corrected chi connectivity index (χ2v) is 4.92. The molecule has 4 rings (SSSR count). The molecule has 4 aromatic heterocycles. The second kappa shape index (κ2) is 5.05. The van der Waals surface area contributed by atoms with Crippen LogP contribution in [0.3, 0.4) is 0 Å². The molecule has 0 spiro atoms. The molecule has 7 heteroatoms. The minimum Gasteiger partial charge on any atom is -0.319 e. The predicted octanol–water partition coefficient (Wildman–Crippen LogP) is 1.56. The van der Waals surface area contributed by atoms with Crippen LogP contribution < -0.4 is 5.73 Å². The minimum atomic E-state index is -0.305. The summed E-state index contributed by atoms with van der Waals surface area (Å²) in [5.41, 5.74) is 10.7. The molecule has 0 saturated carbocycles. The highest BCUT2D eigenvalue weighted by atomic mass is 15.2. The number of hydrogen-bond acceptors (Lipinski definition) is 5. The summed E-state index contributed by atoms with van der Waals surface area (Å²) < 4.78 is 1.73. The Bertz CT molecular complexity index is 896. The van der Waals surface area contributed by atoms with E-state index in [0.717, 1.165) is 28.0 Å². The van der Waals surface area contributed by atoms with Gasteiger partial charge in [-0.1, -0.05) is 0 Å². The first kappa shape index (κ1) is 12.7. The van der Waals surface area contributed by atoms with Crippen LogP contribution in [0, 0.1) is 0 Å². The molecule has 1 unspecified atom stereocenters. The van der Waals surface area contributed by atoms with E-state index in [-0.39, 0.29) is 6.04 Å². The summed E-state index contributed by atoms with van der Waals surface area (Å²) in [5.74, 6) is 0. The number of nitrogens with one attached hydrogen (secondary N) is 1. The molecule has 0 aliphatic carbocycles. The fourth-order valence-electron chi connectivity index (χ4n) is 2.40. The van der Waals surface area contributed by atoms with Gasteiger partial charge in [-0.2, -0.15) is 10.2 Å². The molecule has 0 aliphatic rings. The molecule has 0 aliphatic heterocycles. The van der Waals surface area contributed by atoms with Gasteiger partial charge >= 0.3 is 0 Å². The maximum absolute atomic E-state index is 6.31. The molecule has 0 fully saturated rings. The molecule has 0 radical (unpaired) electrons. The van der Waals surface area contributed by atoms with Gasteiger partial charge in [-0.3, -0.25) is 10.1 Å². The lowest BCUT2D eigenvalue weighted by Crippen LogP contribution is -2.14. The summed E-state index contributed by atoms with van der Waals surface area (Å²) in [6.07, 6.45) is 10.6. The van der Waals surface area contributed by atoms with Gasteiger partial charge in [-0.15, -0.1) is 0 Å². The molecular formula is C15H13N7. The van der Waals surface area contributed by atoms with E-state index in [1.807, 2.05) is 30.6 Å². The zero-order valence-corrected chi connectivity index (χ0v) is 11.6. The molecule has 108 valence electrons. The number of aromatic nitrogens is 6. The van der Waals surface area contributed by atoms with Gasteiger partial charge in [-0.05, 0) is 23.8 Å². The summed E-state index contributed by atoms with van der Waals surface area (Å²) >= 11 is 0. The van der Waals surface area contributed by atoms with Gasteiger partial charge < -0.3 is 5.73 Å². The van der Waals surface area contributed by atoms with Gasteiger partial charge in [0.25, 0.3) is 0 Å². The minimum absolute atomic E-state index is 0.305. The Balaban J connectivity index is 1.82. The first-order chi connectivity index (χ1) is 10.8. The Hall–Kier alpha value is -3.06. The van der Waals surface area contributed by atoms with Crippen LogP contribution in [0.25, 0.3) is 16.8 Å². The molecule has 7 nitrogen and oxygen atoms in total. The van der Waals surface area contributed by atoms with Crippen molar-refractivity contribution in [2.45, 2.75) is 6.04 Å². The lowest BCUT2D eigenvalue weighted by Gasteiger charge is -2.11. The van der Waals surface area contributed by atoms with E-state index in [2.05, 4.69) is 25.3 Å². The summed E-state index contributed by atoms with van der Waals surface area (Å²) in [6.45, 7) is 0. The maximum Gasteiger partial charge on any atom is 0.163 e. The molecule has 0 bridgehead atoms. The highest BCUT2D eigenvalue weighted by Crippen LogP contribution is 2.24. The average molecular weight is 291 g/mol. The number of hydrogen-bond donors (Lipinski definition) is 2. The van der Waals surface area contributed by atoms with Crippen LogP contribution in [-0.2, 0) is 0 Å². The summed E-state index contributed by atoms with van der Waals surface area (Å²) in [4.78, 5) is 8.69.